The molecule has 1 aliphatic heterocycles. The number of hydrogen-bond acceptors (Lipinski definition) is 5. The molecular formula is C13H15N3O3. The van der Waals surface area contributed by atoms with E-state index >= 15 is 0 Å². The quantitative estimate of drug-likeness (QED) is 0.866. The third-order valence-corrected chi connectivity index (χ3v) is 2.18. The maximum absolute atomic E-state index is 11.6. The van der Waals surface area contributed by atoms with Gasteiger partial charge in [-0.15, -0.1) is 0 Å². The van der Waals surface area contributed by atoms with E-state index in [-0.39, 0.29) is 0 Å². The predicted octanol–water partition coefficient (Wildman–Crippen LogP) is 1.90. The zero-order chi connectivity index (χ0) is 13.5. The van der Waals surface area contributed by atoms with Crippen LogP contribution < -0.4 is 15.6 Å². The number of carbonyl (C=O) groups excluding carboxylic acids is 1. The van der Waals surface area contributed by atoms with E-state index in [1.807, 2.05) is 13.0 Å². The number of hydrogen-bond donors (Lipinski definition) is 2. The average molecular weight is 261 g/mol. The lowest BCUT2D eigenvalue weighted by Crippen LogP contribution is -2.49. The number of benzene rings is 1. The minimum absolute atomic E-state index is 0.474. The maximum atomic E-state index is 11.6. The molecule has 19 heavy (non-hydrogen) atoms. The van der Waals surface area contributed by atoms with Gasteiger partial charge in [-0.25, -0.2) is 15.6 Å². The van der Waals surface area contributed by atoms with Gasteiger partial charge in [0.2, 0.25) is 5.88 Å². The van der Waals surface area contributed by atoms with E-state index in [2.05, 4.69) is 10.9 Å². The minimum Gasteiger partial charge on any atom is -0.478 e. The average Bonchev–Trinajstić information content (AvgIpc) is 2.40. The summed E-state index contributed by atoms with van der Waals surface area (Å²) in [6, 6.07) is 8.82. The zero-order valence-electron chi connectivity index (χ0n) is 10.5. The predicted molar refractivity (Wildman–Crippen MR) is 69.4 cm³/mol. The monoisotopic (exact) mass is 261 g/mol. The molecule has 0 radical (unpaired) electrons. The van der Waals surface area contributed by atoms with Crippen molar-refractivity contribution >= 4 is 6.09 Å². The minimum atomic E-state index is -0.596. The molecule has 0 bridgehead atoms. The fourth-order valence-corrected chi connectivity index (χ4v) is 1.43. The van der Waals surface area contributed by atoms with E-state index < -0.39 is 6.09 Å². The first kappa shape index (κ1) is 12.8. The molecule has 0 aliphatic carbocycles. The van der Waals surface area contributed by atoms with Crippen LogP contribution in [0.4, 0.5) is 4.79 Å². The number of carbonyl (C=O) groups is 1. The van der Waals surface area contributed by atoms with Gasteiger partial charge in [0.25, 0.3) is 0 Å². The second kappa shape index (κ2) is 6.34. The van der Waals surface area contributed by atoms with Crippen molar-refractivity contribution in [3.63, 3.8) is 0 Å². The van der Waals surface area contributed by atoms with Crippen LogP contribution >= 0.6 is 0 Å². The van der Waals surface area contributed by atoms with E-state index in [0.717, 1.165) is 0 Å². The Bertz CT molecular complexity index is 485. The molecule has 1 amide bonds. The van der Waals surface area contributed by atoms with Crippen molar-refractivity contribution in [2.24, 2.45) is 0 Å². The highest BCUT2D eigenvalue weighted by Gasteiger charge is 2.11. The normalized spacial score (nSPS) is 13.3. The lowest BCUT2D eigenvalue weighted by Gasteiger charge is -2.25. The van der Waals surface area contributed by atoms with Gasteiger partial charge < -0.3 is 9.47 Å². The Balaban J connectivity index is 1.84. The van der Waals surface area contributed by atoms with Crippen LogP contribution in [-0.4, -0.2) is 17.8 Å². The van der Waals surface area contributed by atoms with Crippen LogP contribution in [0, 0.1) is 0 Å². The molecule has 6 heteroatoms. The van der Waals surface area contributed by atoms with Gasteiger partial charge in [-0.1, -0.05) is 18.2 Å². The summed E-state index contributed by atoms with van der Waals surface area (Å²) < 4.78 is 10.4. The van der Waals surface area contributed by atoms with E-state index in [0.29, 0.717) is 18.2 Å². The van der Waals surface area contributed by atoms with Crippen molar-refractivity contribution in [3.8, 4) is 5.75 Å². The molecule has 1 aromatic carbocycles. The SMILES string of the molecule is CCOC1=CC=CN(NC(=O)Oc2ccccc2)N1. The van der Waals surface area contributed by atoms with Crippen LogP contribution in [0.3, 0.4) is 0 Å². The van der Waals surface area contributed by atoms with E-state index in [4.69, 9.17) is 9.47 Å². The number of nitrogens with zero attached hydrogens (tertiary/aromatic N) is 1. The summed E-state index contributed by atoms with van der Waals surface area (Å²) in [7, 11) is 0. The molecule has 0 fully saturated rings. The molecule has 2 N–H and O–H groups in total. The summed E-state index contributed by atoms with van der Waals surface area (Å²) in [5.41, 5.74) is 5.35. The van der Waals surface area contributed by atoms with Crippen LogP contribution in [0.5, 0.6) is 5.75 Å². The van der Waals surface area contributed by atoms with Crippen LogP contribution in [0.15, 0.2) is 54.6 Å². The van der Waals surface area contributed by atoms with Crippen LogP contribution in [0.1, 0.15) is 6.92 Å². The van der Waals surface area contributed by atoms with E-state index in [1.54, 1.807) is 42.6 Å². The molecular weight excluding hydrogens is 246 g/mol. The highest BCUT2D eigenvalue weighted by Crippen LogP contribution is 2.08. The number of ether oxygens (including phenoxy) is 2. The number of nitrogens with one attached hydrogen (secondary N) is 2. The first-order valence-corrected chi connectivity index (χ1v) is 5.88. The fourth-order valence-electron chi connectivity index (χ4n) is 1.43. The molecule has 6 nitrogen and oxygen atoms in total. The Morgan fingerprint density at radius 2 is 2.16 bits per heavy atom. The van der Waals surface area contributed by atoms with Gasteiger partial charge in [0, 0.05) is 12.3 Å². The van der Waals surface area contributed by atoms with Gasteiger partial charge in [0.15, 0.2) is 0 Å². The van der Waals surface area contributed by atoms with Crippen molar-refractivity contribution < 1.29 is 14.3 Å². The number of amides is 1. The molecule has 1 aromatic rings. The summed E-state index contributed by atoms with van der Waals surface area (Å²) >= 11 is 0. The largest absolute Gasteiger partial charge is 0.478 e. The summed E-state index contributed by atoms with van der Waals surface area (Å²) in [4.78, 5) is 11.6. The van der Waals surface area contributed by atoms with Gasteiger partial charge in [-0.05, 0) is 25.1 Å². The smallest absolute Gasteiger partial charge is 0.433 e. The maximum Gasteiger partial charge on any atom is 0.433 e. The second-order valence-electron chi connectivity index (χ2n) is 3.60. The molecule has 1 aliphatic rings. The Hall–Kier alpha value is -2.63. The van der Waals surface area contributed by atoms with Gasteiger partial charge in [0.05, 0.1) is 6.61 Å². The molecule has 0 aromatic heterocycles. The van der Waals surface area contributed by atoms with Gasteiger partial charge in [-0.3, -0.25) is 0 Å². The van der Waals surface area contributed by atoms with Gasteiger partial charge in [0.1, 0.15) is 5.75 Å². The topological polar surface area (TPSA) is 62.8 Å². The standard InChI is InChI=1S/C13H15N3O3/c1-2-18-12-9-6-10-16(14-12)15-13(17)19-11-7-4-3-5-8-11/h3-10,14H,2H2,1H3,(H,15,17). The molecule has 0 saturated heterocycles. The van der Waals surface area contributed by atoms with E-state index in [9.17, 15) is 4.79 Å². The van der Waals surface area contributed by atoms with E-state index in [1.165, 1.54) is 5.12 Å². The number of hydrazine groups is 2. The molecule has 0 spiro atoms. The Morgan fingerprint density at radius 1 is 1.37 bits per heavy atom. The van der Waals surface area contributed by atoms with Gasteiger partial charge in [-0.2, -0.15) is 5.12 Å². The Kier molecular flexibility index (Phi) is 4.28. The Labute approximate surface area is 111 Å². The van der Waals surface area contributed by atoms with Crippen LogP contribution in [0.25, 0.3) is 0 Å². The molecule has 0 saturated carbocycles. The van der Waals surface area contributed by atoms with Crippen molar-refractivity contribution in [2.45, 2.75) is 6.92 Å². The first-order chi connectivity index (χ1) is 9.28. The summed E-state index contributed by atoms with van der Waals surface area (Å²) in [5, 5.41) is 1.36. The van der Waals surface area contributed by atoms with Crippen molar-refractivity contribution in [1.82, 2.24) is 16.0 Å². The summed E-state index contributed by atoms with van der Waals surface area (Å²) in [6.07, 6.45) is 4.53. The lowest BCUT2D eigenvalue weighted by molar-refractivity contribution is 0.108. The molecule has 0 unspecified atom stereocenters. The van der Waals surface area contributed by atoms with Crippen molar-refractivity contribution in [1.29, 1.82) is 0 Å². The fraction of sp³-hybridized carbons (Fsp3) is 0.154. The molecule has 0 atom stereocenters. The summed E-state index contributed by atoms with van der Waals surface area (Å²) in [5.74, 6) is 1.02. The first-order valence-electron chi connectivity index (χ1n) is 5.88. The summed E-state index contributed by atoms with van der Waals surface area (Å²) in [6.45, 7) is 2.41. The zero-order valence-corrected chi connectivity index (χ0v) is 10.5. The van der Waals surface area contributed by atoms with Crippen molar-refractivity contribution in [2.75, 3.05) is 6.61 Å². The van der Waals surface area contributed by atoms with Crippen LogP contribution in [0.2, 0.25) is 0 Å². The number of rotatable bonds is 4. The second-order valence-corrected chi connectivity index (χ2v) is 3.60. The Morgan fingerprint density at radius 3 is 2.89 bits per heavy atom. The highest BCUT2D eigenvalue weighted by atomic mass is 16.6. The van der Waals surface area contributed by atoms with Gasteiger partial charge >= 0.3 is 6.09 Å². The third kappa shape index (κ3) is 3.95. The molecule has 1 heterocycles. The molecule has 100 valence electrons. The van der Waals surface area contributed by atoms with Crippen LogP contribution in [-0.2, 0) is 4.74 Å². The van der Waals surface area contributed by atoms with Crippen molar-refractivity contribution in [3.05, 3.63) is 54.6 Å². The molecule has 2 rings (SSSR count). The lowest BCUT2D eigenvalue weighted by atomic mass is 10.3. The number of para-hydroxylation sites is 1. The number of allylic oxidation sites excluding steroid dienone is 2. The highest BCUT2D eigenvalue weighted by molar-refractivity contribution is 5.69. The third-order valence-electron chi connectivity index (χ3n) is 2.18.